The van der Waals surface area contributed by atoms with Gasteiger partial charge in [0, 0.05) is 6.54 Å². The topological polar surface area (TPSA) is 60.9 Å². The standard InChI is InChI=1S/C20H22N2O3S/c1-21(2)11-7-12-22-17(14-8-4-3-5-9-14)16(19(24)20(22)25)18(23)15-10-6-13-26-15/h3-6,8-10,13,17,24H,7,11-12H2,1-2H3. The maximum atomic E-state index is 13.0. The molecule has 0 spiro atoms. The fraction of sp³-hybridized carbons (Fsp3) is 0.300. The zero-order chi connectivity index (χ0) is 18.7. The van der Waals surface area contributed by atoms with Gasteiger partial charge in [-0.15, -0.1) is 11.3 Å². The average molecular weight is 370 g/mol. The van der Waals surface area contributed by atoms with Crippen LogP contribution in [-0.2, 0) is 4.79 Å². The van der Waals surface area contributed by atoms with Gasteiger partial charge in [-0.1, -0.05) is 36.4 Å². The third kappa shape index (κ3) is 3.57. The number of rotatable bonds is 7. The number of thiophene rings is 1. The van der Waals surface area contributed by atoms with Crippen molar-refractivity contribution in [3.05, 3.63) is 69.6 Å². The molecule has 2 aromatic rings. The lowest BCUT2D eigenvalue weighted by Crippen LogP contribution is -2.33. The molecule has 2 heterocycles. The van der Waals surface area contributed by atoms with E-state index >= 15 is 0 Å². The number of Topliss-reactive ketones (excluding diaryl/α,β-unsaturated/α-hetero) is 1. The molecule has 1 aliphatic heterocycles. The number of hydrogen-bond acceptors (Lipinski definition) is 5. The predicted octanol–water partition coefficient (Wildman–Crippen LogP) is 3.28. The van der Waals surface area contributed by atoms with Crippen LogP contribution in [0.25, 0.3) is 0 Å². The highest BCUT2D eigenvalue weighted by molar-refractivity contribution is 7.12. The van der Waals surface area contributed by atoms with Gasteiger partial charge in [-0.05, 0) is 44.1 Å². The molecule has 1 aromatic carbocycles. The normalized spacial score (nSPS) is 17.4. The summed E-state index contributed by atoms with van der Waals surface area (Å²) in [4.78, 5) is 29.9. The summed E-state index contributed by atoms with van der Waals surface area (Å²) in [7, 11) is 3.95. The summed E-state index contributed by atoms with van der Waals surface area (Å²) in [5.41, 5.74) is 1.00. The van der Waals surface area contributed by atoms with Crippen LogP contribution >= 0.6 is 11.3 Å². The number of nitrogens with zero attached hydrogens (tertiary/aromatic N) is 2. The van der Waals surface area contributed by atoms with Crippen molar-refractivity contribution in [1.29, 1.82) is 0 Å². The maximum Gasteiger partial charge on any atom is 0.290 e. The van der Waals surface area contributed by atoms with Gasteiger partial charge in [-0.2, -0.15) is 0 Å². The number of aliphatic hydroxyl groups excluding tert-OH is 1. The molecule has 1 unspecified atom stereocenters. The van der Waals surface area contributed by atoms with Crippen molar-refractivity contribution in [1.82, 2.24) is 9.80 Å². The molecule has 6 heteroatoms. The van der Waals surface area contributed by atoms with Gasteiger partial charge < -0.3 is 14.9 Å². The second kappa shape index (κ2) is 7.85. The highest BCUT2D eigenvalue weighted by atomic mass is 32.1. The van der Waals surface area contributed by atoms with Crippen molar-refractivity contribution in [3.63, 3.8) is 0 Å². The third-order valence-electron chi connectivity index (χ3n) is 4.41. The van der Waals surface area contributed by atoms with Crippen LogP contribution in [0, 0.1) is 0 Å². The Labute approximate surface area is 157 Å². The van der Waals surface area contributed by atoms with Crippen molar-refractivity contribution in [3.8, 4) is 0 Å². The highest BCUT2D eigenvalue weighted by Crippen LogP contribution is 2.39. The molecule has 3 rings (SSSR count). The number of amides is 1. The molecular weight excluding hydrogens is 348 g/mol. The fourth-order valence-electron chi connectivity index (χ4n) is 3.20. The van der Waals surface area contributed by atoms with E-state index in [2.05, 4.69) is 0 Å². The third-order valence-corrected chi connectivity index (χ3v) is 5.28. The van der Waals surface area contributed by atoms with Crippen LogP contribution < -0.4 is 0 Å². The first-order chi connectivity index (χ1) is 12.5. The Bertz CT molecular complexity index is 813. The van der Waals surface area contributed by atoms with E-state index in [0.717, 1.165) is 18.5 Å². The summed E-state index contributed by atoms with van der Waals surface area (Å²) in [6.45, 7) is 1.29. The quantitative estimate of drug-likeness (QED) is 0.760. The number of aliphatic hydroxyl groups is 1. The van der Waals surface area contributed by atoms with Crippen LogP contribution in [0.3, 0.4) is 0 Å². The number of hydrogen-bond donors (Lipinski definition) is 1. The van der Waals surface area contributed by atoms with Crippen LogP contribution in [-0.4, -0.2) is 53.8 Å². The summed E-state index contributed by atoms with van der Waals surface area (Å²) >= 11 is 1.31. The van der Waals surface area contributed by atoms with Crippen molar-refractivity contribution >= 4 is 23.0 Å². The average Bonchev–Trinajstić information content (AvgIpc) is 3.24. The van der Waals surface area contributed by atoms with Crippen LogP contribution in [0.5, 0.6) is 0 Å². The van der Waals surface area contributed by atoms with E-state index in [1.54, 1.807) is 17.0 Å². The summed E-state index contributed by atoms with van der Waals surface area (Å²) in [5, 5.41) is 12.3. The first-order valence-corrected chi connectivity index (χ1v) is 9.40. The lowest BCUT2D eigenvalue weighted by atomic mass is 9.95. The van der Waals surface area contributed by atoms with Gasteiger partial charge in [0.25, 0.3) is 5.91 Å². The minimum Gasteiger partial charge on any atom is -0.503 e. The Morgan fingerprint density at radius 1 is 1.19 bits per heavy atom. The van der Waals surface area contributed by atoms with Crippen molar-refractivity contribution in [2.75, 3.05) is 27.2 Å². The monoisotopic (exact) mass is 370 g/mol. The Hall–Kier alpha value is -2.44. The molecule has 1 atom stereocenters. The van der Waals surface area contributed by atoms with E-state index in [9.17, 15) is 14.7 Å². The molecule has 136 valence electrons. The maximum absolute atomic E-state index is 13.0. The molecule has 0 aliphatic carbocycles. The van der Waals surface area contributed by atoms with Crippen LogP contribution in [0.15, 0.2) is 59.2 Å². The van der Waals surface area contributed by atoms with Crippen molar-refractivity contribution in [2.24, 2.45) is 0 Å². The molecule has 0 fully saturated rings. The summed E-state index contributed by atoms with van der Waals surface area (Å²) in [6, 6.07) is 12.4. The molecule has 0 saturated heterocycles. The van der Waals surface area contributed by atoms with Gasteiger partial charge >= 0.3 is 0 Å². The van der Waals surface area contributed by atoms with E-state index in [0.29, 0.717) is 11.4 Å². The Morgan fingerprint density at radius 2 is 1.92 bits per heavy atom. The molecule has 0 bridgehead atoms. The molecule has 5 nitrogen and oxygen atoms in total. The first-order valence-electron chi connectivity index (χ1n) is 8.52. The van der Waals surface area contributed by atoms with Gasteiger partial charge in [-0.3, -0.25) is 9.59 Å². The zero-order valence-electron chi connectivity index (χ0n) is 14.9. The molecule has 0 saturated carbocycles. The van der Waals surface area contributed by atoms with E-state index < -0.39 is 17.7 Å². The van der Waals surface area contributed by atoms with Crippen LogP contribution in [0.1, 0.15) is 27.7 Å². The number of carbonyl (C=O) groups excluding carboxylic acids is 2. The van der Waals surface area contributed by atoms with Gasteiger partial charge in [0.05, 0.1) is 16.5 Å². The summed E-state index contributed by atoms with van der Waals surface area (Å²) < 4.78 is 0. The van der Waals surface area contributed by atoms with Crippen LogP contribution in [0.4, 0.5) is 0 Å². The van der Waals surface area contributed by atoms with E-state index in [-0.39, 0.29) is 11.4 Å². The van der Waals surface area contributed by atoms with Gasteiger partial charge in [0.15, 0.2) is 5.76 Å². The lowest BCUT2D eigenvalue weighted by molar-refractivity contribution is -0.129. The van der Waals surface area contributed by atoms with Crippen molar-refractivity contribution < 1.29 is 14.7 Å². The highest BCUT2D eigenvalue weighted by Gasteiger charge is 2.43. The minimum absolute atomic E-state index is 0.175. The molecule has 0 radical (unpaired) electrons. The Morgan fingerprint density at radius 3 is 2.54 bits per heavy atom. The molecule has 1 amide bonds. The second-order valence-corrected chi connectivity index (χ2v) is 7.48. The number of carbonyl (C=O) groups is 2. The SMILES string of the molecule is CN(C)CCCN1C(=O)C(O)=C(C(=O)c2cccs2)C1c1ccccc1. The van der Waals surface area contributed by atoms with Gasteiger partial charge in [-0.25, -0.2) is 0 Å². The van der Waals surface area contributed by atoms with E-state index in [1.807, 2.05) is 54.7 Å². The van der Waals surface area contributed by atoms with Gasteiger partial charge in [0.1, 0.15) is 0 Å². The van der Waals surface area contributed by atoms with Crippen LogP contribution in [0.2, 0.25) is 0 Å². The zero-order valence-corrected chi connectivity index (χ0v) is 15.7. The van der Waals surface area contributed by atoms with Gasteiger partial charge in [0.2, 0.25) is 5.78 Å². The lowest BCUT2D eigenvalue weighted by Gasteiger charge is -2.27. The predicted molar refractivity (Wildman–Crippen MR) is 102 cm³/mol. The first kappa shape index (κ1) is 18.4. The number of ketones is 1. The molecular formula is C20H22N2O3S. The molecule has 1 aliphatic rings. The largest absolute Gasteiger partial charge is 0.503 e. The van der Waals surface area contributed by atoms with E-state index in [4.69, 9.17) is 0 Å². The smallest absolute Gasteiger partial charge is 0.290 e. The Balaban J connectivity index is 1.97. The molecule has 1 aromatic heterocycles. The summed E-state index contributed by atoms with van der Waals surface area (Å²) in [5.74, 6) is -1.19. The second-order valence-electron chi connectivity index (χ2n) is 6.54. The van der Waals surface area contributed by atoms with Crippen molar-refractivity contribution in [2.45, 2.75) is 12.5 Å². The fourth-order valence-corrected chi connectivity index (χ4v) is 3.87. The molecule has 1 N–H and O–H groups in total. The number of benzene rings is 1. The molecule has 26 heavy (non-hydrogen) atoms. The summed E-state index contributed by atoms with van der Waals surface area (Å²) in [6.07, 6.45) is 0.760. The Kier molecular flexibility index (Phi) is 5.54. The minimum atomic E-state index is -0.555. The van der Waals surface area contributed by atoms with E-state index in [1.165, 1.54) is 11.3 Å².